The quantitative estimate of drug-likeness (QED) is 0.371. The fraction of sp³-hybridized carbons (Fsp3) is 0.667. The summed E-state index contributed by atoms with van der Waals surface area (Å²) in [6.45, 7) is 2.38. The van der Waals surface area contributed by atoms with Crippen molar-refractivity contribution in [3.8, 4) is 12.3 Å². The van der Waals surface area contributed by atoms with Crippen LogP contribution in [-0.4, -0.2) is 37.0 Å². The van der Waals surface area contributed by atoms with Gasteiger partial charge < -0.3 is 9.64 Å². The SMILES string of the molecule is C#CCCCCC(=O)N(CC)CC(=O)OC. The van der Waals surface area contributed by atoms with E-state index in [0.717, 1.165) is 12.8 Å². The minimum Gasteiger partial charge on any atom is -0.468 e. The van der Waals surface area contributed by atoms with Gasteiger partial charge in [-0.25, -0.2) is 0 Å². The zero-order valence-electron chi connectivity index (χ0n) is 9.99. The number of hydrogen-bond donors (Lipinski definition) is 0. The first kappa shape index (κ1) is 14.5. The standard InChI is InChI=1S/C12H19NO3/c1-4-6-7-8-9-11(14)13(5-2)10-12(15)16-3/h1H,5-10H2,2-3H3. The summed E-state index contributed by atoms with van der Waals surface area (Å²) in [5.74, 6) is 2.11. The number of terminal acetylenes is 1. The molecule has 0 saturated heterocycles. The first-order valence-electron chi connectivity index (χ1n) is 5.43. The van der Waals surface area contributed by atoms with Gasteiger partial charge in [0.1, 0.15) is 6.54 Å². The molecular weight excluding hydrogens is 206 g/mol. The highest BCUT2D eigenvalue weighted by atomic mass is 16.5. The maximum Gasteiger partial charge on any atom is 0.325 e. The maximum absolute atomic E-state index is 11.7. The lowest BCUT2D eigenvalue weighted by molar-refractivity contribution is -0.146. The molecule has 0 aliphatic carbocycles. The summed E-state index contributed by atoms with van der Waals surface area (Å²) in [5.41, 5.74) is 0. The first-order chi connectivity index (χ1) is 7.65. The Bertz CT molecular complexity index is 268. The van der Waals surface area contributed by atoms with Crippen LogP contribution in [0.3, 0.4) is 0 Å². The third-order valence-electron chi connectivity index (χ3n) is 2.24. The molecule has 0 aromatic rings. The van der Waals surface area contributed by atoms with Crippen LogP contribution in [0.1, 0.15) is 32.6 Å². The largest absolute Gasteiger partial charge is 0.468 e. The van der Waals surface area contributed by atoms with E-state index in [2.05, 4.69) is 10.7 Å². The summed E-state index contributed by atoms with van der Waals surface area (Å²) in [6, 6.07) is 0. The van der Waals surface area contributed by atoms with Crippen LogP contribution < -0.4 is 0 Å². The maximum atomic E-state index is 11.7. The summed E-state index contributed by atoms with van der Waals surface area (Å²) in [7, 11) is 1.31. The molecule has 0 saturated carbocycles. The van der Waals surface area contributed by atoms with Crippen molar-refractivity contribution in [1.82, 2.24) is 4.90 Å². The number of likely N-dealkylation sites (N-methyl/N-ethyl adjacent to an activating group) is 1. The normalized spacial score (nSPS) is 9.31. The number of carbonyl (C=O) groups is 2. The number of methoxy groups -OCH3 is 1. The lowest BCUT2D eigenvalue weighted by Gasteiger charge is -2.19. The van der Waals surface area contributed by atoms with Crippen LogP contribution in [0.25, 0.3) is 0 Å². The smallest absolute Gasteiger partial charge is 0.325 e. The predicted octanol–water partition coefficient (Wildman–Crippen LogP) is 1.20. The molecule has 0 aromatic carbocycles. The second kappa shape index (κ2) is 8.78. The molecule has 0 unspecified atom stereocenters. The van der Waals surface area contributed by atoms with Crippen molar-refractivity contribution >= 4 is 11.9 Å². The molecule has 0 bridgehead atoms. The number of hydrogen-bond acceptors (Lipinski definition) is 3. The molecule has 0 heterocycles. The Balaban J connectivity index is 3.92. The Morgan fingerprint density at radius 2 is 2.06 bits per heavy atom. The highest BCUT2D eigenvalue weighted by molar-refractivity contribution is 5.81. The number of carbonyl (C=O) groups excluding carboxylic acids is 2. The van der Waals surface area contributed by atoms with Crippen molar-refractivity contribution in [2.45, 2.75) is 32.6 Å². The van der Waals surface area contributed by atoms with Crippen LogP contribution in [0.15, 0.2) is 0 Å². The van der Waals surface area contributed by atoms with E-state index in [9.17, 15) is 9.59 Å². The zero-order chi connectivity index (χ0) is 12.4. The summed E-state index contributed by atoms with van der Waals surface area (Å²) in [4.78, 5) is 24.2. The Labute approximate surface area is 96.9 Å². The molecule has 0 N–H and O–H groups in total. The molecule has 0 fully saturated rings. The molecule has 0 aliphatic heterocycles. The molecule has 0 aliphatic rings. The molecule has 0 rings (SSSR count). The van der Waals surface area contributed by atoms with Crippen LogP contribution in [0.4, 0.5) is 0 Å². The van der Waals surface area contributed by atoms with Gasteiger partial charge in [0, 0.05) is 19.4 Å². The average Bonchev–Trinajstić information content (AvgIpc) is 2.30. The average molecular weight is 225 g/mol. The molecule has 0 aromatic heterocycles. The van der Waals surface area contributed by atoms with Gasteiger partial charge in [-0.05, 0) is 19.8 Å². The van der Waals surface area contributed by atoms with Gasteiger partial charge in [-0.2, -0.15) is 0 Å². The summed E-state index contributed by atoms with van der Waals surface area (Å²) < 4.78 is 4.52. The van der Waals surface area contributed by atoms with E-state index < -0.39 is 0 Å². The van der Waals surface area contributed by atoms with E-state index in [-0.39, 0.29) is 18.4 Å². The van der Waals surface area contributed by atoms with Gasteiger partial charge in [0.15, 0.2) is 0 Å². The third kappa shape index (κ3) is 6.07. The Hall–Kier alpha value is -1.50. The molecule has 16 heavy (non-hydrogen) atoms. The number of amides is 1. The zero-order valence-corrected chi connectivity index (χ0v) is 9.99. The Kier molecular flexibility index (Phi) is 7.96. The van der Waals surface area contributed by atoms with Crippen LogP contribution >= 0.6 is 0 Å². The number of unbranched alkanes of at least 4 members (excludes halogenated alkanes) is 2. The molecule has 4 nitrogen and oxygen atoms in total. The van der Waals surface area contributed by atoms with Crippen molar-refractivity contribution in [3.63, 3.8) is 0 Å². The summed E-state index contributed by atoms with van der Waals surface area (Å²) >= 11 is 0. The minimum atomic E-state index is -0.390. The molecule has 0 atom stereocenters. The Morgan fingerprint density at radius 1 is 1.38 bits per heavy atom. The van der Waals surface area contributed by atoms with Crippen molar-refractivity contribution in [2.75, 3.05) is 20.2 Å². The van der Waals surface area contributed by atoms with Gasteiger partial charge in [0.05, 0.1) is 7.11 Å². The summed E-state index contributed by atoms with van der Waals surface area (Å²) in [5, 5.41) is 0. The number of ether oxygens (including phenoxy) is 1. The van der Waals surface area contributed by atoms with Crippen molar-refractivity contribution in [2.24, 2.45) is 0 Å². The van der Waals surface area contributed by atoms with Crippen molar-refractivity contribution < 1.29 is 14.3 Å². The molecule has 4 heteroatoms. The van der Waals surface area contributed by atoms with Gasteiger partial charge in [0.25, 0.3) is 0 Å². The van der Waals surface area contributed by atoms with Crippen LogP contribution in [-0.2, 0) is 14.3 Å². The number of rotatable bonds is 7. The molecule has 0 spiro atoms. The van der Waals surface area contributed by atoms with Crippen molar-refractivity contribution in [3.05, 3.63) is 0 Å². The monoisotopic (exact) mass is 225 g/mol. The minimum absolute atomic E-state index is 0.0232. The van der Waals surface area contributed by atoms with E-state index in [0.29, 0.717) is 19.4 Å². The van der Waals surface area contributed by atoms with Crippen LogP contribution in [0.5, 0.6) is 0 Å². The van der Waals surface area contributed by atoms with E-state index in [1.807, 2.05) is 6.92 Å². The van der Waals surface area contributed by atoms with Gasteiger partial charge in [0.2, 0.25) is 5.91 Å². The lowest BCUT2D eigenvalue weighted by Crippen LogP contribution is -2.35. The van der Waals surface area contributed by atoms with E-state index in [4.69, 9.17) is 6.42 Å². The Morgan fingerprint density at radius 3 is 2.56 bits per heavy atom. The first-order valence-corrected chi connectivity index (χ1v) is 5.43. The van der Waals surface area contributed by atoms with Gasteiger partial charge in [-0.15, -0.1) is 12.3 Å². The molecule has 0 radical (unpaired) electrons. The van der Waals surface area contributed by atoms with E-state index in [1.54, 1.807) is 0 Å². The van der Waals surface area contributed by atoms with Gasteiger partial charge >= 0.3 is 5.97 Å². The summed E-state index contributed by atoms with van der Waals surface area (Å²) in [6.07, 6.45) is 7.85. The van der Waals surface area contributed by atoms with Crippen LogP contribution in [0, 0.1) is 12.3 Å². The highest BCUT2D eigenvalue weighted by Crippen LogP contribution is 2.03. The second-order valence-corrected chi connectivity index (χ2v) is 3.40. The van der Waals surface area contributed by atoms with Crippen LogP contribution in [0.2, 0.25) is 0 Å². The van der Waals surface area contributed by atoms with E-state index in [1.165, 1.54) is 12.0 Å². The number of esters is 1. The molecular formula is C12H19NO3. The lowest BCUT2D eigenvalue weighted by atomic mass is 10.2. The topological polar surface area (TPSA) is 46.6 Å². The third-order valence-corrected chi connectivity index (χ3v) is 2.24. The van der Waals surface area contributed by atoms with Crippen molar-refractivity contribution in [1.29, 1.82) is 0 Å². The van der Waals surface area contributed by atoms with E-state index >= 15 is 0 Å². The van der Waals surface area contributed by atoms with Gasteiger partial charge in [-0.1, -0.05) is 0 Å². The number of nitrogens with zero attached hydrogens (tertiary/aromatic N) is 1. The predicted molar refractivity (Wildman–Crippen MR) is 61.6 cm³/mol. The van der Waals surface area contributed by atoms with Gasteiger partial charge in [-0.3, -0.25) is 9.59 Å². The fourth-order valence-electron chi connectivity index (χ4n) is 1.26. The second-order valence-electron chi connectivity index (χ2n) is 3.40. The highest BCUT2D eigenvalue weighted by Gasteiger charge is 2.14. The fourth-order valence-corrected chi connectivity index (χ4v) is 1.26. The molecule has 1 amide bonds. The molecule has 90 valence electrons.